The highest BCUT2D eigenvalue weighted by Crippen LogP contribution is 2.33. The normalized spacial score (nSPS) is 18.0. The monoisotopic (exact) mass is 540 g/mol. The lowest BCUT2D eigenvalue weighted by Gasteiger charge is -2.29. The van der Waals surface area contributed by atoms with Gasteiger partial charge >= 0.3 is 6.09 Å². The standard InChI is InChI=1S/C29H33ClN2O4S/c1-29(2,3)36-28(33)31-19-23(18-22-10-6-4-7-11-22)24(20-31)21-32(26-16-14-25(30)15-17-26)37(34,35)27-12-8-5-9-13-27/h4-17,23-24H,18-21H2,1-3H3/t23-,24-/m1/s1. The van der Waals surface area contributed by atoms with E-state index >= 15 is 0 Å². The number of benzene rings is 3. The predicted molar refractivity (Wildman–Crippen MR) is 147 cm³/mol. The summed E-state index contributed by atoms with van der Waals surface area (Å²) in [6, 6.07) is 25.3. The van der Waals surface area contributed by atoms with Crippen LogP contribution in [0.3, 0.4) is 0 Å². The minimum Gasteiger partial charge on any atom is -0.444 e. The second-order valence-corrected chi connectivity index (χ2v) is 12.7. The third-order valence-electron chi connectivity index (χ3n) is 6.42. The fraction of sp³-hybridized carbons (Fsp3) is 0.345. The quantitative estimate of drug-likeness (QED) is 0.354. The number of hydrogen-bond acceptors (Lipinski definition) is 4. The van der Waals surface area contributed by atoms with Crippen molar-refractivity contribution < 1.29 is 17.9 Å². The molecule has 8 heteroatoms. The maximum absolute atomic E-state index is 13.9. The summed E-state index contributed by atoms with van der Waals surface area (Å²) in [5, 5.41) is 0.528. The molecular formula is C29H33ClN2O4S. The molecule has 4 rings (SSSR count). The number of nitrogens with zero attached hydrogens (tertiary/aromatic N) is 2. The third-order valence-corrected chi connectivity index (χ3v) is 8.48. The maximum atomic E-state index is 13.9. The molecule has 196 valence electrons. The van der Waals surface area contributed by atoms with E-state index in [1.807, 2.05) is 39.0 Å². The second kappa shape index (κ2) is 11.2. The average molecular weight is 541 g/mol. The van der Waals surface area contributed by atoms with Gasteiger partial charge in [0.25, 0.3) is 10.0 Å². The number of carbonyl (C=O) groups excluding carboxylic acids is 1. The van der Waals surface area contributed by atoms with Gasteiger partial charge in [0.15, 0.2) is 0 Å². The van der Waals surface area contributed by atoms with E-state index in [0.717, 1.165) is 12.0 Å². The maximum Gasteiger partial charge on any atom is 0.410 e. The van der Waals surface area contributed by atoms with Gasteiger partial charge in [0.1, 0.15) is 5.60 Å². The lowest BCUT2D eigenvalue weighted by Crippen LogP contribution is -2.39. The molecule has 0 aromatic heterocycles. The lowest BCUT2D eigenvalue weighted by molar-refractivity contribution is 0.0284. The van der Waals surface area contributed by atoms with Crippen LogP contribution in [0.4, 0.5) is 10.5 Å². The summed E-state index contributed by atoms with van der Waals surface area (Å²) in [6.07, 6.45) is 0.349. The summed E-state index contributed by atoms with van der Waals surface area (Å²) in [5.41, 5.74) is 1.06. The first-order valence-electron chi connectivity index (χ1n) is 12.4. The van der Waals surface area contributed by atoms with Gasteiger partial charge in [-0.25, -0.2) is 13.2 Å². The molecular weight excluding hydrogens is 508 g/mol. The molecule has 37 heavy (non-hydrogen) atoms. The molecule has 1 aliphatic heterocycles. The Morgan fingerprint density at radius 2 is 1.49 bits per heavy atom. The van der Waals surface area contributed by atoms with Gasteiger partial charge in [-0.1, -0.05) is 60.1 Å². The molecule has 0 unspecified atom stereocenters. The van der Waals surface area contributed by atoms with Crippen molar-refractivity contribution in [2.24, 2.45) is 11.8 Å². The number of amides is 1. The number of hydrogen-bond donors (Lipinski definition) is 0. The van der Waals surface area contributed by atoms with Gasteiger partial charge in [-0.2, -0.15) is 0 Å². The Labute approximate surface area is 224 Å². The van der Waals surface area contributed by atoms with Crippen molar-refractivity contribution >= 4 is 33.4 Å². The van der Waals surface area contributed by atoms with Gasteiger partial charge in [0.05, 0.1) is 10.6 Å². The Kier molecular flexibility index (Phi) is 8.14. The fourth-order valence-corrected chi connectivity index (χ4v) is 6.32. The van der Waals surface area contributed by atoms with E-state index in [-0.39, 0.29) is 29.4 Å². The molecule has 0 saturated carbocycles. The van der Waals surface area contributed by atoms with Crippen molar-refractivity contribution in [3.8, 4) is 0 Å². The Hall–Kier alpha value is -3.03. The molecule has 3 aromatic carbocycles. The molecule has 3 aromatic rings. The average Bonchev–Trinajstić information content (AvgIpc) is 3.26. The van der Waals surface area contributed by atoms with Gasteiger partial charge < -0.3 is 9.64 Å². The van der Waals surface area contributed by atoms with Crippen LogP contribution in [-0.4, -0.2) is 44.6 Å². The second-order valence-electron chi connectivity index (χ2n) is 10.4. The Bertz CT molecular complexity index is 1290. The van der Waals surface area contributed by atoms with E-state index in [2.05, 4.69) is 12.1 Å². The molecule has 1 fully saturated rings. The summed E-state index contributed by atoms with van der Waals surface area (Å²) in [5.74, 6) is -0.0578. The molecule has 1 saturated heterocycles. The molecule has 1 aliphatic rings. The first-order chi connectivity index (χ1) is 17.5. The first-order valence-corrected chi connectivity index (χ1v) is 14.2. The molecule has 0 aliphatic carbocycles. The van der Waals surface area contributed by atoms with Crippen LogP contribution < -0.4 is 4.31 Å². The highest BCUT2D eigenvalue weighted by Gasteiger charge is 2.40. The van der Waals surface area contributed by atoms with E-state index in [0.29, 0.717) is 23.8 Å². The molecule has 0 N–H and O–H groups in total. The molecule has 1 amide bonds. The third kappa shape index (κ3) is 6.84. The van der Waals surface area contributed by atoms with Crippen LogP contribution in [0.2, 0.25) is 5.02 Å². The zero-order valence-electron chi connectivity index (χ0n) is 21.4. The molecule has 0 radical (unpaired) electrons. The molecule has 0 bridgehead atoms. The van der Waals surface area contributed by atoms with Crippen molar-refractivity contribution in [1.82, 2.24) is 4.90 Å². The van der Waals surface area contributed by atoms with Crippen LogP contribution in [0.1, 0.15) is 26.3 Å². The number of carbonyl (C=O) groups is 1. The summed E-state index contributed by atoms with van der Waals surface area (Å²) in [4.78, 5) is 14.9. The molecule has 2 atom stereocenters. The molecule has 0 spiro atoms. The minimum absolute atomic E-state index is 0.0516. The Balaban J connectivity index is 1.68. The Morgan fingerprint density at radius 3 is 2.08 bits per heavy atom. The van der Waals surface area contributed by atoms with E-state index in [9.17, 15) is 13.2 Å². The number of halogens is 1. The first kappa shape index (κ1) is 27.0. The number of rotatable bonds is 7. The van der Waals surface area contributed by atoms with Crippen molar-refractivity contribution in [2.75, 3.05) is 23.9 Å². The topological polar surface area (TPSA) is 66.9 Å². The van der Waals surface area contributed by atoms with Crippen LogP contribution in [-0.2, 0) is 21.2 Å². The van der Waals surface area contributed by atoms with E-state index in [4.69, 9.17) is 16.3 Å². The fourth-order valence-electron chi connectivity index (χ4n) is 4.65. The highest BCUT2D eigenvalue weighted by atomic mass is 35.5. The van der Waals surface area contributed by atoms with E-state index < -0.39 is 15.6 Å². The molecule has 6 nitrogen and oxygen atoms in total. The van der Waals surface area contributed by atoms with Crippen LogP contribution in [0.25, 0.3) is 0 Å². The SMILES string of the molecule is CC(C)(C)OC(=O)N1C[C@@H](Cc2ccccc2)[C@@H](CN(c2ccc(Cl)cc2)S(=O)(=O)c2ccccc2)C1. The summed E-state index contributed by atoms with van der Waals surface area (Å²) >= 11 is 6.11. The lowest BCUT2D eigenvalue weighted by atomic mass is 9.89. The number of sulfonamides is 1. The van der Waals surface area contributed by atoms with Crippen LogP contribution in [0, 0.1) is 11.8 Å². The van der Waals surface area contributed by atoms with Gasteiger partial charge in [-0.05, 0) is 75.1 Å². The van der Waals surface area contributed by atoms with Crippen molar-refractivity contribution in [2.45, 2.75) is 37.7 Å². The van der Waals surface area contributed by atoms with Crippen molar-refractivity contribution in [1.29, 1.82) is 0 Å². The van der Waals surface area contributed by atoms with Crippen molar-refractivity contribution in [3.05, 3.63) is 95.5 Å². The predicted octanol–water partition coefficient (Wildman–Crippen LogP) is 6.26. The van der Waals surface area contributed by atoms with Gasteiger partial charge in [0, 0.05) is 30.6 Å². The zero-order valence-corrected chi connectivity index (χ0v) is 23.0. The number of anilines is 1. The minimum atomic E-state index is -3.86. The van der Waals surface area contributed by atoms with Gasteiger partial charge in [-0.15, -0.1) is 0 Å². The largest absolute Gasteiger partial charge is 0.444 e. The smallest absolute Gasteiger partial charge is 0.410 e. The summed E-state index contributed by atoms with van der Waals surface area (Å²) in [6.45, 7) is 6.64. The van der Waals surface area contributed by atoms with Crippen LogP contribution in [0.5, 0.6) is 0 Å². The zero-order chi connectivity index (χ0) is 26.6. The molecule has 1 heterocycles. The van der Waals surface area contributed by atoms with Gasteiger partial charge in [-0.3, -0.25) is 4.31 Å². The number of likely N-dealkylation sites (tertiary alicyclic amines) is 1. The van der Waals surface area contributed by atoms with Crippen LogP contribution in [0.15, 0.2) is 89.8 Å². The van der Waals surface area contributed by atoms with Crippen molar-refractivity contribution in [3.63, 3.8) is 0 Å². The van der Waals surface area contributed by atoms with E-state index in [1.54, 1.807) is 59.5 Å². The summed E-state index contributed by atoms with van der Waals surface area (Å²) < 4.78 is 34.8. The highest BCUT2D eigenvalue weighted by molar-refractivity contribution is 7.92. The number of ether oxygens (including phenoxy) is 1. The Morgan fingerprint density at radius 1 is 0.919 bits per heavy atom. The van der Waals surface area contributed by atoms with E-state index in [1.165, 1.54) is 4.31 Å². The van der Waals surface area contributed by atoms with Crippen LogP contribution >= 0.6 is 11.6 Å². The summed E-state index contributed by atoms with van der Waals surface area (Å²) in [7, 11) is -3.86. The van der Waals surface area contributed by atoms with Gasteiger partial charge in [0.2, 0.25) is 0 Å².